The summed E-state index contributed by atoms with van der Waals surface area (Å²) in [6.45, 7) is 0.252. The van der Waals surface area contributed by atoms with Crippen LogP contribution in [0.5, 0.6) is 0 Å². The van der Waals surface area contributed by atoms with E-state index in [9.17, 15) is 15.0 Å². The number of aliphatic hydroxyl groups excluding tert-OH is 2. The van der Waals surface area contributed by atoms with E-state index < -0.39 is 12.2 Å². The molecule has 1 aliphatic carbocycles. The molecule has 2 N–H and O–H groups in total. The van der Waals surface area contributed by atoms with E-state index in [4.69, 9.17) is 4.74 Å². The van der Waals surface area contributed by atoms with Crippen LogP contribution < -0.4 is 0 Å². The molecule has 1 saturated carbocycles. The number of carbonyl (C=O) groups excluding carboxylic acids is 1. The second-order valence-electron chi connectivity index (χ2n) is 4.44. The maximum absolute atomic E-state index is 11.6. The summed E-state index contributed by atoms with van der Waals surface area (Å²) in [4.78, 5) is 11.6. The lowest BCUT2D eigenvalue weighted by Crippen LogP contribution is -2.17. The van der Waals surface area contributed by atoms with Gasteiger partial charge in [0.05, 0.1) is 24.4 Å². The van der Waals surface area contributed by atoms with Crippen molar-refractivity contribution in [2.75, 3.05) is 6.61 Å². The highest BCUT2D eigenvalue weighted by molar-refractivity contribution is 5.89. The van der Waals surface area contributed by atoms with Gasteiger partial charge >= 0.3 is 5.97 Å². The Morgan fingerprint density at radius 3 is 2.35 bits per heavy atom. The van der Waals surface area contributed by atoms with Crippen molar-refractivity contribution in [3.8, 4) is 0 Å². The van der Waals surface area contributed by atoms with Crippen molar-refractivity contribution in [1.29, 1.82) is 0 Å². The molecule has 0 unspecified atom stereocenters. The van der Waals surface area contributed by atoms with Crippen molar-refractivity contribution in [2.45, 2.75) is 25.0 Å². The first-order valence-corrected chi connectivity index (χ1v) is 5.75. The maximum Gasteiger partial charge on any atom is 0.338 e. The summed E-state index contributed by atoms with van der Waals surface area (Å²) in [6, 6.07) is 8.78. The van der Waals surface area contributed by atoms with Crippen LogP contribution >= 0.6 is 0 Å². The maximum atomic E-state index is 11.6. The van der Waals surface area contributed by atoms with Gasteiger partial charge in [-0.15, -0.1) is 0 Å². The van der Waals surface area contributed by atoms with E-state index >= 15 is 0 Å². The topological polar surface area (TPSA) is 66.8 Å². The predicted molar refractivity (Wildman–Crippen MR) is 61.5 cm³/mol. The summed E-state index contributed by atoms with van der Waals surface area (Å²) >= 11 is 0. The first-order valence-electron chi connectivity index (χ1n) is 5.75. The molecule has 4 nitrogen and oxygen atoms in total. The monoisotopic (exact) mass is 236 g/mol. The number of carbonyl (C=O) groups is 1. The molecule has 1 aliphatic rings. The van der Waals surface area contributed by atoms with Gasteiger partial charge in [-0.2, -0.15) is 0 Å². The zero-order valence-electron chi connectivity index (χ0n) is 9.45. The van der Waals surface area contributed by atoms with E-state index in [-0.39, 0.29) is 18.5 Å². The van der Waals surface area contributed by atoms with Crippen molar-refractivity contribution in [3.63, 3.8) is 0 Å². The van der Waals surface area contributed by atoms with Crippen LogP contribution in [0, 0.1) is 5.92 Å². The van der Waals surface area contributed by atoms with Crippen molar-refractivity contribution >= 4 is 5.97 Å². The van der Waals surface area contributed by atoms with Crippen LogP contribution in [-0.2, 0) is 4.74 Å². The Kier molecular flexibility index (Phi) is 3.76. The van der Waals surface area contributed by atoms with Gasteiger partial charge in [0.15, 0.2) is 0 Å². The Bertz CT molecular complexity index is 366. The van der Waals surface area contributed by atoms with Crippen molar-refractivity contribution in [3.05, 3.63) is 35.9 Å². The number of rotatable bonds is 3. The van der Waals surface area contributed by atoms with E-state index in [2.05, 4.69) is 0 Å². The summed E-state index contributed by atoms with van der Waals surface area (Å²) in [7, 11) is 0. The van der Waals surface area contributed by atoms with Crippen LogP contribution in [0.4, 0.5) is 0 Å². The highest BCUT2D eigenvalue weighted by Gasteiger charge is 2.32. The summed E-state index contributed by atoms with van der Waals surface area (Å²) in [5, 5.41) is 18.7. The quantitative estimate of drug-likeness (QED) is 0.768. The SMILES string of the molecule is O=C(OC[C@H]1C[C@@H](O)[C@@H](O)C1)c1ccccc1. The normalized spacial score (nSPS) is 28.0. The Morgan fingerprint density at radius 1 is 1.18 bits per heavy atom. The van der Waals surface area contributed by atoms with Gasteiger partial charge in [-0.1, -0.05) is 18.2 Å². The van der Waals surface area contributed by atoms with Crippen molar-refractivity contribution < 1.29 is 19.7 Å². The average molecular weight is 236 g/mol. The number of benzene rings is 1. The van der Waals surface area contributed by atoms with Gasteiger partial charge in [-0.05, 0) is 30.9 Å². The van der Waals surface area contributed by atoms with Gasteiger partial charge < -0.3 is 14.9 Å². The molecule has 0 amide bonds. The van der Waals surface area contributed by atoms with E-state index in [1.165, 1.54) is 0 Å². The third kappa shape index (κ3) is 3.05. The minimum atomic E-state index is -0.685. The molecular weight excluding hydrogens is 220 g/mol. The zero-order chi connectivity index (χ0) is 12.3. The third-order valence-corrected chi connectivity index (χ3v) is 3.05. The molecule has 3 atom stereocenters. The largest absolute Gasteiger partial charge is 0.462 e. The highest BCUT2D eigenvalue weighted by Crippen LogP contribution is 2.26. The smallest absolute Gasteiger partial charge is 0.338 e. The fraction of sp³-hybridized carbons (Fsp3) is 0.462. The van der Waals surface area contributed by atoms with Crippen LogP contribution in [0.3, 0.4) is 0 Å². The van der Waals surface area contributed by atoms with Crippen LogP contribution in [-0.4, -0.2) is 35.0 Å². The summed E-state index contributed by atoms with van der Waals surface area (Å²) in [5.41, 5.74) is 0.520. The number of hydrogen-bond acceptors (Lipinski definition) is 4. The highest BCUT2D eigenvalue weighted by atomic mass is 16.5. The van der Waals surface area contributed by atoms with E-state index in [0.29, 0.717) is 18.4 Å². The number of hydrogen-bond donors (Lipinski definition) is 2. The molecule has 92 valence electrons. The van der Waals surface area contributed by atoms with Gasteiger partial charge in [-0.3, -0.25) is 0 Å². The molecule has 0 bridgehead atoms. The summed E-state index contributed by atoms with van der Waals surface area (Å²) in [6.07, 6.45) is -0.391. The van der Waals surface area contributed by atoms with Gasteiger partial charge in [-0.25, -0.2) is 4.79 Å². The van der Waals surface area contributed by atoms with Gasteiger partial charge in [0.1, 0.15) is 0 Å². The molecule has 2 rings (SSSR count). The van der Waals surface area contributed by atoms with Crippen LogP contribution in [0.1, 0.15) is 23.2 Å². The number of ether oxygens (including phenoxy) is 1. The number of aliphatic hydroxyl groups is 2. The summed E-state index contributed by atoms with van der Waals surface area (Å²) in [5.74, 6) is -0.311. The molecule has 0 radical (unpaired) electrons. The van der Waals surface area contributed by atoms with Gasteiger partial charge in [0, 0.05) is 0 Å². The third-order valence-electron chi connectivity index (χ3n) is 3.05. The Balaban J connectivity index is 1.81. The molecular formula is C13H16O4. The van der Waals surface area contributed by atoms with Crippen LogP contribution in [0.2, 0.25) is 0 Å². The lowest BCUT2D eigenvalue weighted by Gasteiger charge is -2.09. The standard InChI is InChI=1S/C13H16O4/c14-11-6-9(7-12(11)15)8-17-13(16)10-4-2-1-3-5-10/h1-5,9,11-12,14-15H,6-8H2/t9-,11+,12-. The van der Waals surface area contributed by atoms with E-state index in [1.807, 2.05) is 6.07 Å². The van der Waals surface area contributed by atoms with Gasteiger partial charge in [0.25, 0.3) is 0 Å². The Morgan fingerprint density at radius 2 is 1.76 bits per heavy atom. The molecule has 0 aliphatic heterocycles. The van der Waals surface area contributed by atoms with E-state index in [1.54, 1.807) is 24.3 Å². The van der Waals surface area contributed by atoms with Crippen molar-refractivity contribution in [1.82, 2.24) is 0 Å². The average Bonchev–Trinajstić information content (AvgIpc) is 2.67. The first kappa shape index (κ1) is 12.1. The lowest BCUT2D eigenvalue weighted by atomic mass is 10.1. The molecule has 4 heteroatoms. The molecule has 0 heterocycles. The van der Waals surface area contributed by atoms with Crippen LogP contribution in [0.25, 0.3) is 0 Å². The number of esters is 1. The second kappa shape index (κ2) is 5.29. The molecule has 0 spiro atoms. The summed E-state index contributed by atoms with van der Waals surface area (Å²) < 4.78 is 5.15. The molecule has 0 aromatic heterocycles. The molecule has 1 aromatic rings. The van der Waals surface area contributed by atoms with E-state index in [0.717, 1.165) is 0 Å². The molecule has 1 fully saturated rings. The Hall–Kier alpha value is -1.39. The fourth-order valence-corrected chi connectivity index (χ4v) is 2.08. The predicted octanol–water partition coefficient (Wildman–Crippen LogP) is 0.975. The Labute approximate surface area is 99.8 Å². The molecule has 17 heavy (non-hydrogen) atoms. The second-order valence-corrected chi connectivity index (χ2v) is 4.44. The van der Waals surface area contributed by atoms with Crippen molar-refractivity contribution in [2.24, 2.45) is 5.92 Å². The molecule has 1 aromatic carbocycles. The fourth-order valence-electron chi connectivity index (χ4n) is 2.08. The minimum Gasteiger partial charge on any atom is -0.462 e. The minimum absolute atomic E-state index is 0.0488. The van der Waals surface area contributed by atoms with Gasteiger partial charge in [0.2, 0.25) is 0 Å². The zero-order valence-corrected chi connectivity index (χ0v) is 9.45. The van der Waals surface area contributed by atoms with Crippen LogP contribution in [0.15, 0.2) is 30.3 Å². The molecule has 0 saturated heterocycles. The first-order chi connectivity index (χ1) is 8.16. The lowest BCUT2D eigenvalue weighted by molar-refractivity contribution is 0.0431.